The monoisotopic (exact) mass is 522 g/mol. The molecule has 4 rings (SSSR count). The van der Waals surface area contributed by atoms with Gasteiger partial charge >= 0.3 is 6.18 Å². The summed E-state index contributed by atoms with van der Waals surface area (Å²) in [6.45, 7) is 2.56. The smallest absolute Gasteiger partial charge is 0.416 e. The van der Waals surface area contributed by atoms with E-state index in [2.05, 4.69) is 15.7 Å². The molecule has 0 aliphatic carbocycles. The third kappa shape index (κ3) is 6.37. The van der Waals surface area contributed by atoms with E-state index >= 15 is 0 Å². The van der Waals surface area contributed by atoms with Crippen molar-refractivity contribution >= 4 is 23.2 Å². The van der Waals surface area contributed by atoms with E-state index in [0.29, 0.717) is 46.9 Å². The number of nitrogens with one attached hydrogen (secondary N) is 2. The summed E-state index contributed by atoms with van der Waals surface area (Å²) in [5.41, 5.74) is 0.938. The molecule has 1 saturated heterocycles. The van der Waals surface area contributed by atoms with Gasteiger partial charge in [-0.25, -0.2) is 0 Å². The van der Waals surface area contributed by atoms with E-state index in [4.69, 9.17) is 21.1 Å². The molecule has 1 aliphatic heterocycles. The Morgan fingerprint density at radius 1 is 1.19 bits per heavy atom. The highest BCUT2D eigenvalue weighted by molar-refractivity contribution is 6.33. The number of halogens is 4. The molecule has 3 aromatic rings. The van der Waals surface area contributed by atoms with E-state index in [-0.39, 0.29) is 5.56 Å². The minimum absolute atomic E-state index is 0.0997. The Labute approximate surface area is 211 Å². The van der Waals surface area contributed by atoms with Crippen LogP contribution in [0.4, 0.5) is 18.9 Å². The number of hydrogen-bond donors (Lipinski definition) is 2. The van der Waals surface area contributed by atoms with Crippen LogP contribution in [0, 0.1) is 0 Å². The molecule has 2 N–H and O–H groups in total. The van der Waals surface area contributed by atoms with E-state index in [1.54, 1.807) is 29.9 Å². The average Bonchev–Trinajstić information content (AvgIpc) is 3.20. The van der Waals surface area contributed by atoms with Crippen molar-refractivity contribution < 1.29 is 27.4 Å². The van der Waals surface area contributed by atoms with Crippen molar-refractivity contribution in [2.24, 2.45) is 7.05 Å². The number of amides is 1. The quantitative estimate of drug-likeness (QED) is 0.400. The highest BCUT2D eigenvalue weighted by Gasteiger charge is 2.30. The summed E-state index contributed by atoms with van der Waals surface area (Å²) in [6.07, 6.45) is -1.03. The van der Waals surface area contributed by atoms with Crippen molar-refractivity contribution in [1.82, 2.24) is 15.1 Å². The van der Waals surface area contributed by atoms with Gasteiger partial charge in [0.05, 0.1) is 22.5 Å². The first-order chi connectivity index (χ1) is 17.2. The number of carbonyl (C=O) groups excluding carboxylic acids is 1. The molecular weight excluding hydrogens is 497 g/mol. The van der Waals surface area contributed by atoms with Gasteiger partial charge in [0.2, 0.25) is 0 Å². The molecule has 1 aromatic heterocycles. The van der Waals surface area contributed by atoms with Gasteiger partial charge in [-0.2, -0.15) is 18.3 Å². The summed E-state index contributed by atoms with van der Waals surface area (Å²) in [4.78, 5) is 12.7. The number of anilines is 1. The molecule has 1 aliphatic rings. The number of carbonyl (C=O) groups is 1. The second kappa shape index (κ2) is 11.3. The molecule has 0 unspecified atom stereocenters. The van der Waals surface area contributed by atoms with Crippen molar-refractivity contribution in [3.63, 3.8) is 0 Å². The predicted molar refractivity (Wildman–Crippen MR) is 130 cm³/mol. The fourth-order valence-corrected chi connectivity index (χ4v) is 4.24. The van der Waals surface area contributed by atoms with E-state index in [1.807, 2.05) is 0 Å². The molecule has 0 saturated carbocycles. The first-order valence-corrected chi connectivity index (χ1v) is 11.8. The zero-order valence-electron chi connectivity index (χ0n) is 19.6. The average molecular weight is 523 g/mol. The number of aryl methyl sites for hydroxylation is 1. The van der Waals surface area contributed by atoms with Crippen LogP contribution in [0.2, 0.25) is 5.02 Å². The number of benzene rings is 2. The molecule has 0 radical (unpaired) electrons. The lowest BCUT2D eigenvalue weighted by Gasteiger charge is -2.23. The fourth-order valence-electron chi connectivity index (χ4n) is 3.97. The second-order valence-corrected chi connectivity index (χ2v) is 8.80. The number of ether oxygens (including phenoxy) is 2. The Balaban J connectivity index is 1.49. The maximum absolute atomic E-state index is 12.8. The first-order valence-electron chi connectivity index (χ1n) is 11.5. The Kier molecular flexibility index (Phi) is 8.17. The SMILES string of the molecule is Cn1ncc(Cl)c1-c1cc(NC(=O)c2ccc(C(F)(F)F)cc2)ccc1OCCNC1CCOCC1. The number of rotatable bonds is 8. The van der Waals surface area contributed by atoms with Crippen LogP contribution in [0.25, 0.3) is 11.3 Å². The molecule has 0 spiro atoms. The van der Waals surface area contributed by atoms with E-state index in [0.717, 1.165) is 50.3 Å². The lowest BCUT2D eigenvalue weighted by Crippen LogP contribution is -2.37. The predicted octanol–water partition coefficient (Wildman–Crippen LogP) is 5.16. The van der Waals surface area contributed by atoms with E-state index in [1.165, 1.54) is 6.20 Å². The number of aromatic nitrogens is 2. The highest BCUT2D eigenvalue weighted by Crippen LogP contribution is 2.37. The molecule has 36 heavy (non-hydrogen) atoms. The Morgan fingerprint density at radius 2 is 1.92 bits per heavy atom. The third-order valence-corrected chi connectivity index (χ3v) is 6.15. The Hall–Kier alpha value is -3.08. The van der Waals surface area contributed by atoms with Crippen molar-refractivity contribution in [1.29, 1.82) is 0 Å². The lowest BCUT2D eigenvalue weighted by atomic mass is 10.1. The highest BCUT2D eigenvalue weighted by atomic mass is 35.5. The zero-order valence-corrected chi connectivity index (χ0v) is 20.3. The third-order valence-electron chi connectivity index (χ3n) is 5.88. The fraction of sp³-hybridized carbons (Fsp3) is 0.360. The van der Waals surface area contributed by atoms with Gasteiger partial charge in [-0.05, 0) is 55.3 Å². The topological polar surface area (TPSA) is 77.4 Å². The summed E-state index contributed by atoms with van der Waals surface area (Å²) < 4.78 is 51.5. The molecule has 2 aromatic carbocycles. The number of alkyl halides is 3. The van der Waals surface area contributed by atoms with Gasteiger partial charge in [-0.3, -0.25) is 9.48 Å². The van der Waals surface area contributed by atoms with Crippen molar-refractivity contribution in [2.75, 3.05) is 31.7 Å². The molecular formula is C25H26ClF3N4O3. The minimum atomic E-state index is -4.47. The standard InChI is InChI=1S/C25H26ClF3N4O3/c1-33-23(21(26)15-31-33)20-14-19(32-24(34)16-2-4-17(5-3-16)25(27,28)29)6-7-22(20)36-13-10-30-18-8-11-35-12-9-18/h2-7,14-15,18,30H,8-13H2,1H3,(H,32,34). The molecule has 1 fully saturated rings. The van der Waals surface area contributed by atoms with Crippen LogP contribution in [0.15, 0.2) is 48.7 Å². The van der Waals surface area contributed by atoms with Crippen LogP contribution in [-0.4, -0.2) is 48.1 Å². The second-order valence-electron chi connectivity index (χ2n) is 8.39. The van der Waals surface area contributed by atoms with E-state index < -0.39 is 17.6 Å². The lowest BCUT2D eigenvalue weighted by molar-refractivity contribution is -0.137. The van der Waals surface area contributed by atoms with Crippen molar-refractivity contribution in [2.45, 2.75) is 25.1 Å². The Morgan fingerprint density at radius 3 is 2.56 bits per heavy atom. The summed E-state index contributed by atoms with van der Waals surface area (Å²) in [5.74, 6) is 0.0157. The summed E-state index contributed by atoms with van der Waals surface area (Å²) in [7, 11) is 1.74. The van der Waals surface area contributed by atoms with Crippen LogP contribution >= 0.6 is 11.6 Å². The van der Waals surface area contributed by atoms with Gasteiger partial charge in [-0.1, -0.05) is 11.6 Å². The number of hydrogen-bond acceptors (Lipinski definition) is 5. The minimum Gasteiger partial charge on any atom is -0.492 e. The van der Waals surface area contributed by atoms with Gasteiger partial charge in [-0.15, -0.1) is 0 Å². The molecule has 7 nitrogen and oxygen atoms in total. The van der Waals surface area contributed by atoms with Gasteiger partial charge in [0.15, 0.2) is 0 Å². The number of nitrogens with zero attached hydrogens (tertiary/aromatic N) is 2. The Bertz CT molecular complexity index is 1170. The molecule has 11 heteroatoms. The maximum atomic E-state index is 12.8. The molecule has 1 amide bonds. The molecule has 0 atom stereocenters. The molecule has 0 bridgehead atoms. The molecule has 192 valence electrons. The van der Waals surface area contributed by atoms with Crippen LogP contribution in [-0.2, 0) is 18.0 Å². The normalized spacial score (nSPS) is 14.6. The van der Waals surface area contributed by atoms with Crippen LogP contribution in [0.5, 0.6) is 5.75 Å². The van der Waals surface area contributed by atoms with Gasteiger partial charge in [0, 0.05) is 49.7 Å². The van der Waals surface area contributed by atoms with Gasteiger partial charge in [0.1, 0.15) is 12.4 Å². The first kappa shape index (κ1) is 26.0. The van der Waals surface area contributed by atoms with Crippen molar-refractivity contribution in [3.8, 4) is 17.0 Å². The summed E-state index contributed by atoms with van der Waals surface area (Å²) in [5, 5.41) is 10.8. The molecule has 2 heterocycles. The summed E-state index contributed by atoms with van der Waals surface area (Å²) in [6, 6.07) is 9.51. The van der Waals surface area contributed by atoms with Crippen LogP contribution in [0.1, 0.15) is 28.8 Å². The maximum Gasteiger partial charge on any atom is 0.416 e. The largest absolute Gasteiger partial charge is 0.492 e. The van der Waals surface area contributed by atoms with Crippen LogP contribution < -0.4 is 15.4 Å². The van der Waals surface area contributed by atoms with Crippen LogP contribution in [0.3, 0.4) is 0 Å². The summed E-state index contributed by atoms with van der Waals surface area (Å²) >= 11 is 6.38. The van der Waals surface area contributed by atoms with Gasteiger partial charge in [0.25, 0.3) is 5.91 Å². The van der Waals surface area contributed by atoms with E-state index in [9.17, 15) is 18.0 Å². The van der Waals surface area contributed by atoms with Crippen molar-refractivity contribution in [3.05, 3.63) is 64.8 Å². The zero-order chi connectivity index (χ0) is 25.7. The van der Waals surface area contributed by atoms with Gasteiger partial charge < -0.3 is 20.1 Å².